The summed E-state index contributed by atoms with van der Waals surface area (Å²) in [4.78, 5) is 6.54. The first-order chi connectivity index (χ1) is 3.81. The van der Waals surface area contributed by atoms with Gasteiger partial charge in [-0.05, 0) is 0 Å². The van der Waals surface area contributed by atoms with Crippen molar-refractivity contribution >= 4 is 18.6 Å². The van der Waals surface area contributed by atoms with E-state index in [1.807, 2.05) is 0 Å². The van der Waals surface area contributed by atoms with Gasteiger partial charge in [-0.15, -0.1) is 0 Å². The van der Waals surface area contributed by atoms with E-state index in [1.54, 1.807) is 0 Å². The van der Waals surface area contributed by atoms with Crippen molar-refractivity contribution in [2.24, 2.45) is 21.5 Å². The minimum absolute atomic E-state index is 0.199. The van der Waals surface area contributed by atoms with E-state index in [2.05, 4.69) is 9.98 Å². The molecule has 0 radical (unpaired) electrons. The fourth-order valence-electron chi connectivity index (χ4n) is 0.175. The van der Waals surface area contributed by atoms with Gasteiger partial charge in [0.1, 0.15) is 0 Å². The molecule has 0 aromatic rings. The topological polar surface area (TPSA) is 101 Å². The van der Waals surface area contributed by atoms with E-state index in [1.165, 1.54) is 0 Å². The fourth-order valence-corrected chi connectivity index (χ4v) is 0.175. The van der Waals surface area contributed by atoms with Crippen LogP contribution in [0.3, 0.4) is 0 Å². The molecule has 0 aromatic carbocycles. The lowest BCUT2D eigenvalue weighted by Crippen LogP contribution is -1.97. The van der Waals surface area contributed by atoms with Gasteiger partial charge in [-0.25, -0.2) is 9.98 Å². The maximum Gasteiger partial charge on any atom is 0.244 e. The van der Waals surface area contributed by atoms with Crippen molar-refractivity contribution in [3.63, 3.8) is 0 Å². The van der Waals surface area contributed by atoms with Crippen LogP contribution in [0, 0.1) is 5.41 Å². The van der Waals surface area contributed by atoms with Crippen molar-refractivity contribution in [3.05, 3.63) is 0 Å². The molecule has 5 N–H and O–H groups in total. The first-order valence-electron chi connectivity index (χ1n) is 1.88. The Kier molecular flexibility index (Phi) is 3.13. The van der Waals surface area contributed by atoms with Crippen molar-refractivity contribution in [1.29, 1.82) is 5.41 Å². The highest BCUT2D eigenvalue weighted by atomic mass is 15.0. The maximum atomic E-state index is 6.73. The van der Waals surface area contributed by atoms with Crippen LogP contribution in [0.1, 0.15) is 0 Å². The summed E-state index contributed by atoms with van der Waals surface area (Å²) in [6.07, 6.45) is 1.96. The molecular weight excluding hydrogens is 106 g/mol. The molecule has 0 unspecified atom stereocenters. The van der Waals surface area contributed by atoms with Crippen LogP contribution in [-0.2, 0) is 0 Å². The van der Waals surface area contributed by atoms with E-state index >= 15 is 0 Å². The maximum absolute atomic E-state index is 6.73. The third kappa shape index (κ3) is 2.83. The summed E-state index contributed by atoms with van der Waals surface area (Å²) in [5.41, 5.74) is 9.62. The van der Waals surface area contributed by atoms with E-state index in [4.69, 9.17) is 16.9 Å². The highest BCUT2D eigenvalue weighted by molar-refractivity contribution is 5.89. The zero-order chi connectivity index (χ0) is 6.41. The van der Waals surface area contributed by atoms with Crippen LogP contribution in [0.2, 0.25) is 0 Å². The van der Waals surface area contributed by atoms with Gasteiger partial charge in [-0.2, -0.15) is 0 Å². The van der Waals surface area contributed by atoms with Gasteiger partial charge >= 0.3 is 0 Å². The third-order valence-corrected chi connectivity index (χ3v) is 0.394. The monoisotopic (exact) mass is 113 g/mol. The van der Waals surface area contributed by atoms with Gasteiger partial charge < -0.3 is 11.5 Å². The molecule has 44 valence electrons. The Bertz CT molecular complexity index is 110. The van der Waals surface area contributed by atoms with Crippen LogP contribution in [-0.4, -0.2) is 18.6 Å². The van der Waals surface area contributed by atoms with Gasteiger partial charge in [-0.3, -0.25) is 5.41 Å². The lowest BCUT2D eigenvalue weighted by Gasteiger charge is -1.79. The summed E-state index contributed by atoms with van der Waals surface area (Å²) in [7, 11) is 0. The van der Waals surface area contributed by atoms with Crippen LogP contribution in [0.25, 0.3) is 0 Å². The second-order valence-corrected chi connectivity index (χ2v) is 0.880. The van der Waals surface area contributed by atoms with Gasteiger partial charge in [0.15, 0.2) is 0 Å². The summed E-state index contributed by atoms with van der Waals surface area (Å²) in [6, 6.07) is 0. The molecule has 0 aliphatic carbocycles. The second-order valence-electron chi connectivity index (χ2n) is 0.880. The molecule has 8 heavy (non-hydrogen) atoms. The highest BCUT2D eigenvalue weighted by Crippen LogP contribution is 1.70. The molecular formula is C3H7N5. The Morgan fingerprint density at radius 2 is 1.62 bits per heavy atom. The molecule has 0 aliphatic rings. The third-order valence-electron chi connectivity index (χ3n) is 0.394. The van der Waals surface area contributed by atoms with Gasteiger partial charge in [0.05, 0.1) is 12.7 Å². The Morgan fingerprint density at radius 3 is 1.88 bits per heavy atom. The van der Waals surface area contributed by atoms with E-state index in [-0.39, 0.29) is 5.96 Å². The lowest BCUT2D eigenvalue weighted by atomic mass is 11.0. The van der Waals surface area contributed by atoms with Crippen LogP contribution in [0.4, 0.5) is 0 Å². The number of guanidine groups is 1. The van der Waals surface area contributed by atoms with Crippen LogP contribution in [0.15, 0.2) is 9.98 Å². The number of hydrogen-bond donors (Lipinski definition) is 3. The van der Waals surface area contributed by atoms with E-state index in [0.717, 1.165) is 12.7 Å². The molecule has 0 aromatic heterocycles. The van der Waals surface area contributed by atoms with Gasteiger partial charge in [-0.1, -0.05) is 0 Å². The van der Waals surface area contributed by atoms with E-state index in [0.29, 0.717) is 0 Å². The minimum atomic E-state index is -0.199. The van der Waals surface area contributed by atoms with Crippen molar-refractivity contribution in [1.82, 2.24) is 0 Å². The SMILES string of the molecule is N=C(/N=C/N)/N=C/N. The Hall–Kier alpha value is -1.39. The zero-order valence-electron chi connectivity index (χ0n) is 4.20. The normalized spacial score (nSPS) is 11.0. The van der Waals surface area contributed by atoms with Gasteiger partial charge in [0, 0.05) is 0 Å². The average molecular weight is 113 g/mol. The largest absolute Gasteiger partial charge is 0.390 e. The molecule has 0 spiro atoms. The van der Waals surface area contributed by atoms with Crippen molar-refractivity contribution < 1.29 is 0 Å². The van der Waals surface area contributed by atoms with Crippen LogP contribution in [0.5, 0.6) is 0 Å². The Morgan fingerprint density at radius 1 is 1.25 bits per heavy atom. The molecule has 0 atom stereocenters. The summed E-state index contributed by atoms with van der Waals surface area (Å²) < 4.78 is 0. The second kappa shape index (κ2) is 3.79. The first-order valence-corrected chi connectivity index (χ1v) is 1.88. The summed E-state index contributed by atoms with van der Waals surface area (Å²) >= 11 is 0. The predicted molar refractivity (Wildman–Crippen MR) is 33.1 cm³/mol. The van der Waals surface area contributed by atoms with Crippen molar-refractivity contribution in [3.8, 4) is 0 Å². The smallest absolute Gasteiger partial charge is 0.244 e. The number of nitrogens with zero attached hydrogens (tertiary/aromatic N) is 2. The van der Waals surface area contributed by atoms with Crippen molar-refractivity contribution in [2.75, 3.05) is 0 Å². The van der Waals surface area contributed by atoms with Crippen LogP contribution >= 0.6 is 0 Å². The molecule has 5 heteroatoms. The minimum Gasteiger partial charge on any atom is -0.390 e. The number of nitrogens with one attached hydrogen (secondary N) is 1. The molecule has 0 aliphatic heterocycles. The first kappa shape index (κ1) is 6.61. The molecule has 0 rings (SSSR count). The van der Waals surface area contributed by atoms with E-state index < -0.39 is 0 Å². The fraction of sp³-hybridized carbons (Fsp3) is 0. The molecule has 0 saturated heterocycles. The molecule has 0 bridgehead atoms. The average Bonchev–Trinajstić information content (AvgIpc) is 1.68. The van der Waals surface area contributed by atoms with Gasteiger partial charge in [0.25, 0.3) is 0 Å². The standard InChI is InChI=1S/C3H7N5/c4-1-7-3(6)8-2-5/h1-2H,(H5,4,5,6,7,8). The molecule has 0 amide bonds. The number of hydrogen-bond acceptors (Lipinski definition) is 1. The summed E-state index contributed by atoms with van der Waals surface area (Å²) in [5, 5.41) is 6.73. The number of rotatable bonds is 0. The molecule has 0 fully saturated rings. The highest BCUT2D eigenvalue weighted by Gasteiger charge is 1.77. The molecule has 0 heterocycles. The lowest BCUT2D eigenvalue weighted by molar-refractivity contribution is 1.37. The van der Waals surface area contributed by atoms with E-state index in [9.17, 15) is 0 Å². The number of nitrogens with two attached hydrogens (primary N) is 2. The molecule has 5 nitrogen and oxygen atoms in total. The summed E-state index contributed by atoms with van der Waals surface area (Å²) in [5.74, 6) is -0.199. The van der Waals surface area contributed by atoms with Gasteiger partial charge in [0.2, 0.25) is 5.96 Å². The molecule has 0 saturated carbocycles. The van der Waals surface area contributed by atoms with Crippen molar-refractivity contribution in [2.45, 2.75) is 0 Å². The zero-order valence-corrected chi connectivity index (χ0v) is 4.20. The van der Waals surface area contributed by atoms with Crippen LogP contribution < -0.4 is 11.5 Å². The Labute approximate surface area is 46.6 Å². The predicted octanol–water partition coefficient (Wildman–Crippen LogP) is -1.10. The number of aliphatic imine (C=N–C) groups is 2. The summed E-state index contributed by atoms with van der Waals surface area (Å²) in [6.45, 7) is 0. The Balaban J connectivity index is 3.66. The quantitative estimate of drug-likeness (QED) is 0.274.